The van der Waals surface area contributed by atoms with E-state index in [2.05, 4.69) is 17.2 Å². The quantitative estimate of drug-likeness (QED) is 0.735. The third-order valence-corrected chi connectivity index (χ3v) is 10.4. The Morgan fingerprint density at radius 1 is 1.03 bits per heavy atom. The number of nitrogens with zero attached hydrogens (tertiary/aromatic N) is 3. The highest BCUT2D eigenvalue weighted by Gasteiger charge is 2.58. The molecule has 4 aliphatic carbocycles. The molecular formula is C27H37N3O2. The van der Waals surface area contributed by atoms with Gasteiger partial charge in [0.2, 0.25) is 0 Å². The van der Waals surface area contributed by atoms with Crippen molar-refractivity contribution in [2.75, 3.05) is 0 Å². The number of para-hydroxylation sites is 1. The van der Waals surface area contributed by atoms with Gasteiger partial charge in [-0.2, -0.15) is 0 Å². The number of aromatic nitrogens is 3. The molecule has 172 valence electrons. The summed E-state index contributed by atoms with van der Waals surface area (Å²) < 4.78 is 1.80. The van der Waals surface area contributed by atoms with Gasteiger partial charge in [-0.3, -0.25) is 4.79 Å². The number of rotatable bonds is 3. The largest absolute Gasteiger partial charge is 0.390 e. The lowest BCUT2D eigenvalue weighted by atomic mass is 9.49. The number of aliphatic hydroxyl groups is 1. The summed E-state index contributed by atoms with van der Waals surface area (Å²) in [6, 6.07) is 7.92. The van der Waals surface area contributed by atoms with E-state index >= 15 is 0 Å². The van der Waals surface area contributed by atoms with E-state index in [0.717, 1.165) is 48.0 Å². The summed E-state index contributed by atoms with van der Waals surface area (Å²) in [4.78, 5) is 13.6. The minimum atomic E-state index is -0.451. The van der Waals surface area contributed by atoms with Gasteiger partial charge in [0.1, 0.15) is 12.1 Å². The Kier molecular flexibility index (Phi) is 4.80. The van der Waals surface area contributed by atoms with E-state index in [1.807, 2.05) is 31.2 Å². The van der Waals surface area contributed by atoms with Crippen LogP contribution in [0.1, 0.15) is 71.6 Å². The van der Waals surface area contributed by atoms with Crippen LogP contribution in [0.15, 0.2) is 24.3 Å². The van der Waals surface area contributed by atoms with Gasteiger partial charge < -0.3 is 5.11 Å². The minimum Gasteiger partial charge on any atom is -0.390 e. The number of Topliss-reactive ketones (excluding diaryl/α,β-unsaturated/α-hetero) is 1. The third-order valence-electron chi connectivity index (χ3n) is 10.4. The molecule has 5 nitrogen and oxygen atoms in total. The highest BCUT2D eigenvalue weighted by Crippen LogP contribution is 2.64. The molecule has 0 spiro atoms. The van der Waals surface area contributed by atoms with Crippen LogP contribution >= 0.6 is 0 Å². The molecule has 1 N–H and O–H groups in total. The average molecular weight is 436 g/mol. The zero-order chi connectivity index (χ0) is 22.1. The number of hydrogen-bond donors (Lipinski definition) is 1. The van der Waals surface area contributed by atoms with Gasteiger partial charge in [-0.25, -0.2) is 4.68 Å². The molecule has 0 aliphatic heterocycles. The number of ketones is 1. The summed E-state index contributed by atoms with van der Waals surface area (Å²) in [6.07, 6.45) is 10.4. The zero-order valence-corrected chi connectivity index (χ0v) is 19.5. The van der Waals surface area contributed by atoms with Gasteiger partial charge in [-0.1, -0.05) is 24.3 Å². The first kappa shape index (κ1) is 20.8. The highest BCUT2D eigenvalue weighted by atomic mass is 16.3. The molecule has 4 aliphatic rings. The summed E-state index contributed by atoms with van der Waals surface area (Å²) in [6.45, 7) is 4.82. The van der Waals surface area contributed by atoms with Crippen molar-refractivity contribution >= 4 is 16.8 Å². The van der Waals surface area contributed by atoms with E-state index in [-0.39, 0.29) is 11.3 Å². The van der Waals surface area contributed by atoms with Crippen molar-refractivity contribution in [3.8, 4) is 0 Å². The molecule has 4 saturated carbocycles. The molecule has 0 unspecified atom stereocenters. The minimum absolute atomic E-state index is 0.141. The Morgan fingerprint density at radius 3 is 2.72 bits per heavy atom. The Labute approximate surface area is 191 Å². The van der Waals surface area contributed by atoms with Crippen molar-refractivity contribution in [1.29, 1.82) is 0 Å². The fourth-order valence-electron chi connectivity index (χ4n) is 8.90. The maximum Gasteiger partial charge on any atom is 0.157 e. The van der Waals surface area contributed by atoms with Crippen LogP contribution in [0.3, 0.4) is 0 Å². The maximum absolute atomic E-state index is 13.6. The zero-order valence-electron chi connectivity index (χ0n) is 19.5. The van der Waals surface area contributed by atoms with Crippen molar-refractivity contribution in [2.24, 2.45) is 40.9 Å². The van der Waals surface area contributed by atoms with Gasteiger partial charge >= 0.3 is 0 Å². The monoisotopic (exact) mass is 435 g/mol. The van der Waals surface area contributed by atoms with Crippen LogP contribution < -0.4 is 0 Å². The molecule has 8 atom stereocenters. The first-order valence-electron chi connectivity index (χ1n) is 12.9. The molecule has 0 bridgehead atoms. The van der Waals surface area contributed by atoms with Gasteiger partial charge in [-0.15, -0.1) is 5.10 Å². The van der Waals surface area contributed by atoms with Gasteiger partial charge in [0, 0.05) is 5.92 Å². The summed E-state index contributed by atoms with van der Waals surface area (Å²) in [5.41, 5.74) is 1.50. The Balaban J connectivity index is 1.20. The van der Waals surface area contributed by atoms with E-state index in [4.69, 9.17) is 0 Å². The van der Waals surface area contributed by atoms with E-state index in [1.54, 1.807) is 4.68 Å². The van der Waals surface area contributed by atoms with Crippen molar-refractivity contribution in [3.05, 3.63) is 24.3 Å². The molecule has 6 rings (SSSR count). The number of fused-ring (bicyclic) bond motifs is 6. The lowest BCUT2D eigenvalue weighted by molar-refractivity contribution is -0.133. The second-order valence-corrected chi connectivity index (χ2v) is 12.1. The second kappa shape index (κ2) is 7.38. The molecule has 2 aromatic rings. The maximum atomic E-state index is 13.6. The first-order valence-corrected chi connectivity index (χ1v) is 12.9. The van der Waals surface area contributed by atoms with Crippen molar-refractivity contribution in [2.45, 2.75) is 83.8 Å². The molecular weight excluding hydrogens is 398 g/mol. The predicted molar refractivity (Wildman–Crippen MR) is 124 cm³/mol. The molecule has 32 heavy (non-hydrogen) atoms. The molecule has 5 heteroatoms. The van der Waals surface area contributed by atoms with Crippen LogP contribution in [0.25, 0.3) is 11.0 Å². The van der Waals surface area contributed by atoms with Crippen LogP contribution in [-0.4, -0.2) is 31.5 Å². The number of benzene rings is 1. The lowest BCUT2D eigenvalue weighted by Crippen LogP contribution is -2.51. The standard InChI is InChI=1S/C27H37N3O2/c1-26(32)13-11-18-17(15-26)7-8-20-19(18)12-14-27(2)21(20)9-10-22(27)25(31)16-30-24-6-4-3-5-23(24)28-29-30/h3-6,17-22,32H,7-16H2,1-2H3/t17-,18+,19-,20-,21+,22+,26-,27+/m1/s1. The fraction of sp³-hybridized carbons (Fsp3) is 0.741. The number of carbonyl (C=O) groups excluding carboxylic acids is 1. The normalized spacial score (nSPS) is 43.5. The Hall–Kier alpha value is -1.75. The van der Waals surface area contributed by atoms with E-state index in [9.17, 15) is 9.90 Å². The van der Waals surface area contributed by atoms with E-state index in [1.165, 1.54) is 38.5 Å². The summed E-state index contributed by atoms with van der Waals surface area (Å²) in [5, 5.41) is 19.1. The molecule has 1 heterocycles. The Morgan fingerprint density at radius 2 is 1.84 bits per heavy atom. The van der Waals surface area contributed by atoms with Crippen molar-refractivity contribution in [1.82, 2.24) is 15.0 Å². The number of carbonyl (C=O) groups is 1. The van der Waals surface area contributed by atoms with E-state index < -0.39 is 5.60 Å². The van der Waals surface area contributed by atoms with Gasteiger partial charge in [-0.05, 0) is 112 Å². The molecule has 1 aromatic carbocycles. The molecule has 1 aromatic heterocycles. The summed E-state index contributed by atoms with van der Waals surface area (Å²) >= 11 is 0. The molecule has 4 fully saturated rings. The van der Waals surface area contributed by atoms with E-state index in [0.29, 0.717) is 24.2 Å². The topological polar surface area (TPSA) is 68.0 Å². The Bertz CT molecular complexity index is 1030. The average Bonchev–Trinajstić information content (AvgIpc) is 3.33. The highest BCUT2D eigenvalue weighted by molar-refractivity contribution is 5.84. The van der Waals surface area contributed by atoms with Gasteiger partial charge in [0.05, 0.1) is 11.1 Å². The summed E-state index contributed by atoms with van der Waals surface area (Å²) in [5.74, 6) is 4.30. The van der Waals surface area contributed by atoms with Gasteiger partial charge in [0.25, 0.3) is 0 Å². The molecule has 0 amide bonds. The lowest BCUT2D eigenvalue weighted by Gasteiger charge is -2.56. The smallest absolute Gasteiger partial charge is 0.157 e. The van der Waals surface area contributed by atoms with Crippen molar-refractivity contribution < 1.29 is 9.90 Å². The molecule has 0 saturated heterocycles. The SMILES string of the molecule is C[C@@]1(O)CC[C@H]2[C@H](CC[C@@H]3[C@@H]2CC[C@]2(C)[C@H](C(=O)Cn4nnc5ccccc54)CC[C@@H]32)C1. The summed E-state index contributed by atoms with van der Waals surface area (Å²) in [7, 11) is 0. The van der Waals surface area contributed by atoms with Crippen molar-refractivity contribution in [3.63, 3.8) is 0 Å². The number of hydrogen-bond acceptors (Lipinski definition) is 4. The first-order chi connectivity index (χ1) is 15.4. The third kappa shape index (κ3) is 3.18. The predicted octanol–water partition coefficient (Wildman–Crippen LogP) is 5.02. The second-order valence-electron chi connectivity index (χ2n) is 12.1. The van der Waals surface area contributed by atoms with Crippen LogP contribution in [0, 0.1) is 40.9 Å². The fourth-order valence-corrected chi connectivity index (χ4v) is 8.90. The van der Waals surface area contributed by atoms with Gasteiger partial charge in [0.15, 0.2) is 5.78 Å². The van der Waals surface area contributed by atoms with Crippen LogP contribution in [0.2, 0.25) is 0 Å². The van der Waals surface area contributed by atoms with Crippen LogP contribution in [-0.2, 0) is 11.3 Å². The molecule has 0 radical (unpaired) electrons. The van der Waals surface area contributed by atoms with Crippen LogP contribution in [0.4, 0.5) is 0 Å². The van der Waals surface area contributed by atoms with Crippen LogP contribution in [0.5, 0.6) is 0 Å².